The highest BCUT2D eigenvalue weighted by Crippen LogP contribution is 2.23. The van der Waals surface area contributed by atoms with E-state index in [1.807, 2.05) is 18.4 Å². The first-order valence-electron chi connectivity index (χ1n) is 8.15. The predicted octanol–water partition coefficient (Wildman–Crippen LogP) is 3.88. The van der Waals surface area contributed by atoms with Crippen molar-refractivity contribution in [2.75, 3.05) is 13.3 Å². The number of aromatic nitrogens is 2. The van der Waals surface area contributed by atoms with E-state index in [0.29, 0.717) is 28.6 Å². The summed E-state index contributed by atoms with van der Waals surface area (Å²) < 4.78 is 15.0. The average molecular weight is 380 g/mol. The molecule has 3 aromatic rings. The SMILES string of the molecule is CSc1ncc(C(=O)N(C)Cc2ccc(C#N)cc2)n1-c1ccc(F)cc1. The van der Waals surface area contributed by atoms with Gasteiger partial charge in [-0.2, -0.15) is 5.26 Å². The van der Waals surface area contributed by atoms with Crippen molar-refractivity contribution >= 4 is 17.7 Å². The van der Waals surface area contributed by atoms with Crippen LogP contribution in [-0.2, 0) is 6.54 Å². The van der Waals surface area contributed by atoms with Crippen LogP contribution in [0.2, 0.25) is 0 Å². The molecule has 136 valence electrons. The molecule has 0 atom stereocenters. The average Bonchev–Trinajstić information content (AvgIpc) is 3.12. The van der Waals surface area contributed by atoms with Crippen LogP contribution in [0.1, 0.15) is 21.6 Å². The smallest absolute Gasteiger partial charge is 0.272 e. The number of carbonyl (C=O) groups is 1. The number of thioether (sulfide) groups is 1. The Kier molecular flexibility index (Phi) is 5.57. The molecule has 0 N–H and O–H groups in total. The van der Waals surface area contributed by atoms with Gasteiger partial charge in [-0.3, -0.25) is 9.36 Å². The van der Waals surface area contributed by atoms with Crippen LogP contribution in [0.3, 0.4) is 0 Å². The highest BCUT2D eigenvalue weighted by atomic mass is 32.2. The number of amides is 1. The third kappa shape index (κ3) is 4.01. The van der Waals surface area contributed by atoms with Gasteiger partial charge >= 0.3 is 0 Å². The molecule has 0 saturated heterocycles. The molecule has 0 aliphatic heterocycles. The number of carbonyl (C=O) groups excluding carboxylic acids is 1. The lowest BCUT2D eigenvalue weighted by Crippen LogP contribution is -2.28. The lowest BCUT2D eigenvalue weighted by molar-refractivity contribution is 0.0776. The molecule has 5 nitrogen and oxygen atoms in total. The summed E-state index contributed by atoms with van der Waals surface area (Å²) in [5, 5.41) is 9.53. The van der Waals surface area contributed by atoms with E-state index < -0.39 is 0 Å². The van der Waals surface area contributed by atoms with Gasteiger partial charge in [-0.25, -0.2) is 9.37 Å². The van der Waals surface area contributed by atoms with E-state index in [1.165, 1.54) is 30.1 Å². The molecule has 2 aromatic carbocycles. The Labute approximate surface area is 161 Å². The molecule has 0 aliphatic carbocycles. The molecule has 0 fully saturated rings. The Morgan fingerprint density at radius 3 is 2.48 bits per heavy atom. The number of rotatable bonds is 5. The largest absolute Gasteiger partial charge is 0.336 e. The summed E-state index contributed by atoms with van der Waals surface area (Å²) in [5.41, 5.74) is 2.57. The third-order valence-electron chi connectivity index (χ3n) is 4.07. The third-order valence-corrected chi connectivity index (χ3v) is 4.72. The van der Waals surface area contributed by atoms with Crippen molar-refractivity contribution in [2.24, 2.45) is 0 Å². The molecular formula is C20H17FN4OS. The van der Waals surface area contributed by atoms with E-state index in [9.17, 15) is 9.18 Å². The van der Waals surface area contributed by atoms with Crippen LogP contribution < -0.4 is 0 Å². The zero-order valence-electron chi connectivity index (χ0n) is 14.9. The van der Waals surface area contributed by atoms with Gasteiger partial charge in [0, 0.05) is 19.3 Å². The number of nitrogens with zero attached hydrogens (tertiary/aromatic N) is 4. The van der Waals surface area contributed by atoms with E-state index in [0.717, 1.165) is 5.56 Å². The molecular weight excluding hydrogens is 363 g/mol. The number of benzene rings is 2. The quantitative estimate of drug-likeness (QED) is 0.630. The molecule has 0 unspecified atom stereocenters. The number of nitriles is 1. The molecule has 0 bridgehead atoms. The Hall–Kier alpha value is -3.11. The maximum atomic E-state index is 13.3. The maximum absolute atomic E-state index is 13.3. The minimum atomic E-state index is -0.338. The van der Waals surface area contributed by atoms with E-state index in [1.54, 1.807) is 40.8 Å². The highest BCUT2D eigenvalue weighted by Gasteiger charge is 2.21. The van der Waals surface area contributed by atoms with Crippen LogP contribution in [0, 0.1) is 17.1 Å². The Morgan fingerprint density at radius 2 is 1.89 bits per heavy atom. The van der Waals surface area contributed by atoms with Gasteiger partial charge in [0.05, 0.1) is 17.8 Å². The summed E-state index contributed by atoms with van der Waals surface area (Å²) in [6.45, 7) is 0.397. The lowest BCUT2D eigenvalue weighted by atomic mass is 10.1. The van der Waals surface area contributed by atoms with E-state index in [2.05, 4.69) is 11.1 Å². The van der Waals surface area contributed by atoms with Gasteiger partial charge in [0.1, 0.15) is 11.5 Å². The Bertz CT molecular complexity index is 990. The van der Waals surface area contributed by atoms with Crippen LogP contribution in [0.25, 0.3) is 5.69 Å². The molecule has 1 aromatic heterocycles. The van der Waals surface area contributed by atoms with Crippen molar-refractivity contribution in [3.8, 4) is 11.8 Å². The number of halogens is 1. The van der Waals surface area contributed by atoms with Crippen molar-refractivity contribution in [1.82, 2.24) is 14.5 Å². The van der Waals surface area contributed by atoms with Crippen LogP contribution in [0.4, 0.5) is 4.39 Å². The van der Waals surface area contributed by atoms with Gasteiger partial charge in [0.2, 0.25) is 0 Å². The fraction of sp³-hybridized carbons (Fsp3) is 0.150. The Morgan fingerprint density at radius 1 is 1.22 bits per heavy atom. The summed E-state index contributed by atoms with van der Waals surface area (Å²) in [6.07, 6.45) is 3.41. The van der Waals surface area contributed by atoms with Crippen molar-refractivity contribution < 1.29 is 9.18 Å². The van der Waals surface area contributed by atoms with Gasteiger partial charge < -0.3 is 4.90 Å². The summed E-state index contributed by atoms with van der Waals surface area (Å²) in [4.78, 5) is 18.9. The predicted molar refractivity (Wildman–Crippen MR) is 102 cm³/mol. The zero-order valence-corrected chi connectivity index (χ0v) is 15.7. The van der Waals surface area contributed by atoms with Crippen molar-refractivity contribution in [3.63, 3.8) is 0 Å². The standard InChI is InChI=1S/C20H17FN4OS/c1-24(13-15-5-3-14(11-22)4-6-15)19(26)18-12-23-20(27-2)25(18)17-9-7-16(21)8-10-17/h3-10,12H,13H2,1-2H3. The van der Waals surface area contributed by atoms with Gasteiger partial charge in [-0.1, -0.05) is 23.9 Å². The van der Waals surface area contributed by atoms with Crippen LogP contribution in [0.5, 0.6) is 0 Å². The van der Waals surface area contributed by atoms with Crippen LogP contribution in [0.15, 0.2) is 59.9 Å². The number of hydrogen-bond donors (Lipinski definition) is 0. The topological polar surface area (TPSA) is 61.9 Å². The molecule has 1 heterocycles. The van der Waals surface area contributed by atoms with Gasteiger partial charge in [0.15, 0.2) is 5.16 Å². The van der Waals surface area contributed by atoms with E-state index in [-0.39, 0.29) is 11.7 Å². The van der Waals surface area contributed by atoms with Gasteiger partial charge in [-0.05, 0) is 48.2 Å². The van der Waals surface area contributed by atoms with E-state index >= 15 is 0 Å². The van der Waals surface area contributed by atoms with Gasteiger partial charge in [-0.15, -0.1) is 0 Å². The first-order chi connectivity index (χ1) is 13.0. The number of hydrogen-bond acceptors (Lipinski definition) is 4. The normalized spacial score (nSPS) is 10.4. The summed E-state index contributed by atoms with van der Waals surface area (Å²) in [5.74, 6) is -0.535. The fourth-order valence-corrected chi connectivity index (χ4v) is 3.24. The molecule has 0 aliphatic rings. The minimum absolute atomic E-state index is 0.198. The molecule has 0 saturated carbocycles. The molecule has 0 spiro atoms. The highest BCUT2D eigenvalue weighted by molar-refractivity contribution is 7.98. The molecule has 3 rings (SSSR count). The molecule has 0 radical (unpaired) electrons. The maximum Gasteiger partial charge on any atom is 0.272 e. The summed E-state index contributed by atoms with van der Waals surface area (Å²) in [7, 11) is 1.71. The second-order valence-electron chi connectivity index (χ2n) is 5.91. The van der Waals surface area contributed by atoms with E-state index in [4.69, 9.17) is 5.26 Å². The minimum Gasteiger partial charge on any atom is -0.336 e. The Balaban J connectivity index is 1.88. The summed E-state index contributed by atoms with van der Waals surface area (Å²) in [6, 6.07) is 15.1. The second-order valence-corrected chi connectivity index (χ2v) is 6.69. The van der Waals surface area contributed by atoms with Crippen molar-refractivity contribution in [1.29, 1.82) is 5.26 Å². The van der Waals surface area contributed by atoms with Crippen molar-refractivity contribution in [2.45, 2.75) is 11.7 Å². The fourth-order valence-electron chi connectivity index (χ4n) is 2.70. The lowest BCUT2D eigenvalue weighted by Gasteiger charge is -2.19. The number of imidazole rings is 1. The van der Waals surface area contributed by atoms with Crippen LogP contribution in [-0.4, -0.2) is 33.7 Å². The monoisotopic (exact) mass is 380 g/mol. The molecule has 27 heavy (non-hydrogen) atoms. The van der Waals surface area contributed by atoms with Crippen LogP contribution >= 0.6 is 11.8 Å². The first-order valence-corrected chi connectivity index (χ1v) is 9.38. The van der Waals surface area contributed by atoms with Gasteiger partial charge in [0.25, 0.3) is 5.91 Å². The molecule has 7 heteroatoms. The first kappa shape index (κ1) is 18.7. The summed E-state index contributed by atoms with van der Waals surface area (Å²) >= 11 is 1.41. The van der Waals surface area contributed by atoms with Crippen molar-refractivity contribution in [3.05, 3.63) is 77.4 Å². The second kappa shape index (κ2) is 8.06. The molecule has 1 amide bonds. The zero-order chi connectivity index (χ0) is 19.4.